The van der Waals surface area contributed by atoms with Crippen LogP contribution < -0.4 is 0 Å². The molecule has 10 heteroatoms. The summed E-state index contributed by atoms with van der Waals surface area (Å²) >= 11 is 3.03. The van der Waals surface area contributed by atoms with E-state index in [0.29, 0.717) is 12.5 Å². The zero-order valence-electron chi connectivity index (χ0n) is 17.6. The van der Waals surface area contributed by atoms with Gasteiger partial charge in [0.15, 0.2) is 11.0 Å². The maximum absolute atomic E-state index is 13.3. The molecule has 0 N–H and O–H groups in total. The summed E-state index contributed by atoms with van der Waals surface area (Å²) in [6.45, 7) is 0. The number of thiophene rings is 1. The minimum Gasteiger partial charge on any atom is -0.467 e. The largest absolute Gasteiger partial charge is 0.467 e. The summed E-state index contributed by atoms with van der Waals surface area (Å²) in [7, 11) is 0. The number of hydrazone groups is 1. The lowest BCUT2D eigenvalue weighted by Gasteiger charge is -2.19. The van der Waals surface area contributed by atoms with E-state index in [9.17, 15) is 4.79 Å². The number of thioether (sulfide) groups is 1. The van der Waals surface area contributed by atoms with Crippen LogP contribution in [0.15, 0.2) is 75.1 Å². The molecule has 1 atom stereocenters. The number of nitrogens with zero attached hydrogens (tertiary/aromatic N) is 6. The highest BCUT2D eigenvalue weighted by Crippen LogP contribution is 2.41. The Bertz CT molecular complexity index is 1280. The second-order valence-corrected chi connectivity index (χ2v) is 9.83. The topological polar surface area (TPSA) is 89.4 Å². The van der Waals surface area contributed by atoms with Gasteiger partial charge in [-0.2, -0.15) is 5.10 Å². The fraction of sp³-hybridized carbons (Fsp3) is 0.261. The minimum absolute atomic E-state index is 0.0822. The fourth-order valence-electron chi connectivity index (χ4n) is 3.96. The lowest BCUT2D eigenvalue weighted by atomic mass is 10.1. The first kappa shape index (κ1) is 20.4. The molecule has 1 unspecified atom stereocenters. The van der Waals surface area contributed by atoms with Gasteiger partial charge in [0.1, 0.15) is 11.8 Å². The van der Waals surface area contributed by atoms with E-state index in [4.69, 9.17) is 4.42 Å². The summed E-state index contributed by atoms with van der Waals surface area (Å²) in [6, 6.07) is 11.8. The number of rotatable bonds is 7. The Labute approximate surface area is 198 Å². The van der Waals surface area contributed by atoms with Gasteiger partial charge in [0.2, 0.25) is 0 Å². The Kier molecular flexibility index (Phi) is 5.31. The summed E-state index contributed by atoms with van der Waals surface area (Å²) < 4.78 is 7.78. The normalized spacial score (nSPS) is 18.0. The monoisotopic (exact) mass is 476 g/mol. The number of amides is 1. The number of furan rings is 1. The van der Waals surface area contributed by atoms with Gasteiger partial charge in [-0.15, -0.1) is 21.5 Å². The van der Waals surface area contributed by atoms with Crippen molar-refractivity contribution in [2.45, 2.75) is 36.5 Å². The van der Waals surface area contributed by atoms with Crippen molar-refractivity contribution < 1.29 is 9.21 Å². The molecule has 8 nitrogen and oxygen atoms in total. The first-order valence-corrected chi connectivity index (χ1v) is 12.6. The van der Waals surface area contributed by atoms with Crippen molar-refractivity contribution in [3.8, 4) is 11.4 Å². The molecule has 6 rings (SSSR count). The molecule has 0 aromatic carbocycles. The molecule has 1 aliphatic carbocycles. The van der Waals surface area contributed by atoms with Crippen molar-refractivity contribution >= 4 is 34.7 Å². The standard InChI is InChI=1S/C23H20N6O2S2/c30-21(29-18(19-5-2-10-31-19)12-17(27-29)20-6-3-11-32-20)14-33-23-26-25-22(28(23)16-7-8-16)15-4-1-9-24-13-15/h1-6,9-11,13,16,18H,7-8,12,14H2. The van der Waals surface area contributed by atoms with Crippen molar-refractivity contribution in [3.63, 3.8) is 0 Å². The highest BCUT2D eigenvalue weighted by molar-refractivity contribution is 7.99. The van der Waals surface area contributed by atoms with Gasteiger partial charge in [-0.1, -0.05) is 17.8 Å². The van der Waals surface area contributed by atoms with E-state index in [1.54, 1.807) is 35.0 Å². The number of pyridine rings is 1. The van der Waals surface area contributed by atoms with Crippen molar-refractivity contribution in [3.05, 3.63) is 71.1 Å². The molecule has 166 valence electrons. The average Bonchev–Trinajstić information content (AvgIpc) is 3.34. The van der Waals surface area contributed by atoms with Crippen LogP contribution in [0.4, 0.5) is 0 Å². The van der Waals surface area contributed by atoms with Crippen LogP contribution in [0.25, 0.3) is 11.4 Å². The molecule has 33 heavy (non-hydrogen) atoms. The van der Waals surface area contributed by atoms with E-state index in [0.717, 1.165) is 45.7 Å². The Morgan fingerprint density at radius 1 is 1.18 bits per heavy atom. The Hall–Kier alpha value is -3.24. The van der Waals surface area contributed by atoms with Crippen LogP contribution in [-0.2, 0) is 4.79 Å². The van der Waals surface area contributed by atoms with Crippen LogP contribution in [0.2, 0.25) is 0 Å². The molecule has 0 bridgehead atoms. The SMILES string of the molecule is O=C(CSc1nnc(-c2cccnc2)n1C1CC1)N1N=C(c2cccs2)CC1c1ccco1. The van der Waals surface area contributed by atoms with Gasteiger partial charge in [-0.25, -0.2) is 5.01 Å². The summed E-state index contributed by atoms with van der Waals surface area (Å²) in [6.07, 6.45) is 7.98. The third kappa shape index (κ3) is 4.00. The number of hydrogen-bond donors (Lipinski definition) is 0. The maximum Gasteiger partial charge on any atom is 0.253 e. The summed E-state index contributed by atoms with van der Waals surface area (Å²) in [5.74, 6) is 1.68. The van der Waals surface area contributed by atoms with Gasteiger partial charge in [0.25, 0.3) is 5.91 Å². The average molecular weight is 477 g/mol. The molecule has 1 fully saturated rings. The van der Waals surface area contributed by atoms with E-state index in [-0.39, 0.29) is 17.7 Å². The molecule has 2 aliphatic rings. The molecular formula is C23H20N6O2S2. The lowest BCUT2D eigenvalue weighted by molar-refractivity contribution is -0.130. The summed E-state index contributed by atoms with van der Waals surface area (Å²) in [4.78, 5) is 18.6. The quantitative estimate of drug-likeness (QED) is 0.356. The highest BCUT2D eigenvalue weighted by Gasteiger charge is 2.36. The van der Waals surface area contributed by atoms with Crippen LogP contribution in [0.5, 0.6) is 0 Å². The van der Waals surface area contributed by atoms with Crippen LogP contribution >= 0.6 is 23.1 Å². The zero-order valence-corrected chi connectivity index (χ0v) is 19.2. The summed E-state index contributed by atoms with van der Waals surface area (Å²) in [5, 5.41) is 17.8. The smallest absolute Gasteiger partial charge is 0.253 e. The van der Waals surface area contributed by atoms with Crippen LogP contribution in [0, 0.1) is 0 Å². The van der Waals surface area contributed by atoms with Crippen LogP contribution in [0.1, 0.15) is 42.0 Å². The van der Waals surface area contributed by atoms with Crippen molar-refractivity contribution in [2.75, 3.05) is 5.75 Å². The predicted octanol–water partition coefficient (Wildman–Crippen LogP) is 4.80. The van der Waals surface area contributed by atoms with E-state index >= 15 is 0 Å². The minimum atomic E-state index is -0.238. The molecule has 1 amide bonds. The van der Waals surface area contributed by atoms with Gasteiger partial charge in [0.05, 0.1) is 22.6 Å². The number of carbonyl (C=O) groups excluding carboxylic acids is 1. The fourth-order valence-corrected chi connectivity index (χ4v) is 5.54. The molecule has 1 saturated carbocycles. The number of carbonyl (C=O) groups is 1. The van der Waals surface area contributed by atoms with Crippen molar-refractivity contribution in [1.29, 1.82) is 0 Å². The predicted molar refractivity (Wildman–Crippen MR) is 126 cm³/mol. The van der Waals surface area contributed by atoms with E-state index in [1.807, 2.05) is 41.8 Å². The van der Waals surface area contributed by atoms with Gasteiger partial charge in [0, 0.05) is 30.4 Å². The maximum atomic E-state index is 13.3. The second kappa shape index (κ2) is 8.60. The van der Waals surface area contributed by atoms with Crippen molar-refractivity contribution in [1.82, 2.24) is 24.8 Å². The first-order valence-electron chi connectivity index (χ1n) is 10.7. The molecular weight excluding hydrogens is 456 g/mol. The van der Waals surface area contributed by atoms with Crippen LogP contribution in [-0.4, -0.2) is 42.1 Å². The molecule has 1 aliphatic heterocycles. The number of aromatic nitrogens is 4. The van der Waals surface area contributed by atoms with Gasteiger partial charge in [-0.05, 0) is 48.6 Å². The third-order valence-electron chi connectivity index (χ3n) is 5.66. The Morgan fingerprint density at radius 2 is 2.12 bits per heavy atom. The molecule has 4 aromatic heterocycles. The Morgan fingerprint density at radius 3 is 2.85 bits per heavy atom. The van der Waals surface area contributed by atoms with Gasteiger partial charge < -0.3 is 4.42 Å². The van der Waals surface area contributed by atoms with Crippen molar-refractivity contribution in [2.24, 2.45) is 5.10 Å². The molecule has 0 saturated heterocycles. The summed E-state index contributed by atoms with van der Waals surface area (Å²) in [5.41, 5.74) is 1.84. The van der Waals surface area contributed by atoms with Gasteiger partial charge in [-0.3, -0.25) is 14.3 Å². The zero-order chi connectivity index (χ0) is 22.2. The lowest BCUT2D eigenvalue weighted by Crippen LogP contribution is -2.28. The van der Waals surface area contributed by atoms with Gasteiger partial charge >= 0.3 is 0 Å². The first-order chi connectivity index (χ1) is 16.3. The van der Waals surface area contributed by atoms with E-state index in [1.165, 1.54) is 11.8 Å². The van der Waals surface area contributed by atoms with Crippen LogP contribution in [0.3, 0.4) is 0 Å². The molecule has 4 aromatic rings. The Balaban J connectivity index is 1.23. The molecule has 0 spiro atoms. The number of hydrogen-bond acceptors (Lipinski definition) is 8. The molecule has 0 radical (unpaired) electrons. The second-order valence-electron chi connectivity index (χ2n) is 7.94. The molecule has 5 heterocycles. The van der Waals surface area contributed by atoms with E-state index in [2.05, 4.69) is 24.8 Å². The third-order valence-corrected chi connectivity index (χ3v) is 7.51. The van der Waals surface area contributed by atoms with E-state index < -0.39 is 0 Å². The highest BCUT2D eigenvalue weighted by atomic mass is 32.2.